The zero-order valence-electron chi connectivity index (χ0n) is 13.2. The number of benzene rings is 1. The van der Waals surface area contributed by atoms with Crippen molar-refractivity contribution in [3.8, 4) is 0 Å². The highest BCUT2D eigenvalue weighted by atomic mass is 35.5. The molecule has 1 rings (SSSR count). The molecule has 0 saturated heterocycles. The van der Waals surface area contributed by atoms with E-state index >= 15 is 0 Å². The van der Waals surface area contributed by atoms with E-state index in [9.17, 15) is 14.4 Å². The number of amides is 2. The Hall–Kier alpha value is -1.88. The summed E-state index contributed by atoms with van der Waals surface area (Å²) in [5.41, 5.74) is 0.328. The van der Waals surface area contributed by atoms with Gasteiger partial charge in [-0.1, -0.05) is 39.3 Å². The summed E-state index contributed by atoms with van der Waals surface area (Å²) in [4.78, 5) is 35.2. The van der Waals surface area contributed by atoms with Crippen LogP contribution in [0, 0.1) is 5.41 Å². The smallest absolute Gasteiger partial charge is 0.231 e. The van der Waals surface area contributed by atoms with Gasteiger partial charge in [-0.3, -0.25) is 14.4 Å². The Kier molecular flexibility index (Phi) is 6.11. The molecule has 2 N–H and O–H groups in total. The number of hydrogen-bond acceptors (Lipinski definition) is 3. The van der Waals surface area contributed by atoms with Crippen molar-refractivity contribution in [1.82, 2.24) is 0 Å². The summed E-state index contributed by atoms with van der Waals surface area (Å²) in [5.74, 6) is -0.722. The van der Waals surface area contributed by atoms with Gasteiger partial charge in [0.15, 0.2) is 0 Å². The Balaban J connectivity index is 2.80. The molecule has 0 radical (unpaired) electrons. The van der Waals surface area contributed by atoms with Crippen LogP contribution in [0.5, 0.6) is 0 Å². The maximum absolute atomic E-state index is 11.9. The molecule has 2 amide bonds. The molecule has 0 aliphatic rings. The van der Waals surface area contributed by atoms with Crippen LogP contribution in [-0.2, 0) is 14.4 Å². The zero-order valence-corrected chi connectivity index (χ0v) is 14.0. The number of rotatable bonds is 5. The Morgan fingerprint density at radius 1 is 1.09 bits per heavy atom. The molecular weight excluding hydrogens is 304 g/mol. The summed E-state index contributed by atoms with van der Waals surface area (Å²) in [6.45, 7) is 7.02. The van der Waals surface area contributed by atoms with Crippen LogP contribution < -0.4 is 10.6 Å². The standard InChI is InChI=1S/C16H21ClN2O3/c1-5-14(21)18-10-6-7-11(17)12(8-10)19-15(22)9-13(20)16(2,3)4/h6-8H,5,9H2,1-4H3,(H,18,21)(H,19,22). The monoisotopic (exact) mass is 324 g/mol. The lowest BCUT2D eigenvalue weighted by Crippen LogP contribution is -2.26. The Bertz CT molecular complexity index is 592. The van der Waals surface area contributed by atoms with Crippen molar-refractivity contribution in [1.29, 1.82) is 0 Å². The first kappa shape index (κ1) is 18.2. The van der Waals surface area contributed by atoms with Gasteiger partial charge in [0.25, 0.3) is 0 Å². The third-order valence-corrected chi connectivity index (χ3v) is 3.33. The Morgan fingerprint density at radius 3 is 2.27 bits per heavy atom. The summed E-state index contributed by atoms with van der Waals surface area (Å²) in [7, 11) is 0. The molecule has 0 spiro atoms. The SMILES string of the molecule is CCC(=O)Nc1ccc(Cl)c(NC(=O)CC(=O)C(C)(C)C)c1. The topological polar surface area (TPSA) is 75.3 Å². The predicted octanol–water partition coefficient (Wildman–Crippen LogP) is 3.63. The molecule has 5 nitrogen and oxygen atoms in total. The fraction of sp³-hybridized carbons (Fsp3) is 0.438. The molecule has 0 bridgehead atoms. The van der Waals surface area contributed by atoms with Gasteiger partial charge < -0.3 is 10.6 Å². The minimum atomic E-state index is -0.571. The van der Waals surface area contributed by atoms with E-state index in [1.54, 1.807) is 45.9 Å². The Morgan fingerprint density at radius 2 is 1.73 bits per heavy atom. The van der Waals surface area contributed by atoms with Crippen molar-refractivity contribution < 1.29 is 14.4 Å². The van der Waals surface area contributed by atoms with Gasteiger partial charge in [-0.05, 0) is 18.2 Å². The van der Waals surface area contributed by atoms with Crippen molar-refractivity contribution in [2.75, 3.05) is 10.6 Å². The van der Waals surface area contributed by atoms with Gasteiger partial charge >= 0.3 is 0 Å². The molecule has 0 aliphatic carbocycles. The van der Waals surface area contributed by atoms with Crippen molar-refractivity contribution in [2.24, 2.45) is 5.41 Å². The summed E-state index contributed by atoms with van der Waals surface area (Å²) in [5, 5.41) is 5.62. The third-order valence-electron chi connectivity index (χ3n) is 3.00. The maximum Gasteiger partial charge on any atom is 0.231 e. The number of carbonyl (C=O) groups is 3. The fourth-order valence-electron chi connectivity index (χ4n) is 1.55. The van der Waals surface area contributed by atoms with E-state index in [0.717, 1.165) is 0 Å². The number of carbonyl (C=O) groups excluding carboxylic acids is 3. The first-order valence-corrected chi connectivity index (χ1v) is 7.44. The minimum absolute atomic E-state index is 0.137. The van der Waals surface area contributed by atoms with Crippen molar-refractivity contribution in [2.45, 2.75) is 40.5 Å². The van der Waals surface area contributed by atoms with Crippen LogP contribution in [0.4, 0.5) is 11.4 Å². The van der Waals surface area contributed by atoms with Crippen LogP contribution in [-0.4, -0.2) is 17.6 Å². The zero-order chi connectivity index (χ0) is 16.9. The summed E-state index contributed by atoms with van der Waals surface area (Å²) >= 11 is 6.02. The minimum Gasteiger partial charge on any atom is -0.326 e. The molecule has 0 atom stereocenters. The number of hydrogen-bond donors (Lipinski definition) is 2. The summed E-state index contributed by atoms with van der Waals surface area (Å²) in [6, 6.07) is 4.79. The Labute approximate surface area is 135 Å². The van der Waals surface area contributed by atoms with Crippen LogP contribution >= 0.6 is 11.6 Å². The van der Waals surface area contributed by atoms with Crippen LogP contribution in [0.3, 0.4) is 0 Å². The highest BCUT2D eigenvalue weighted by molar-refractivity contribution is 6.34. The van der Waals surface area contributed by atoms with Gasteiger partial charge in [-0.15, -0.1) is 0 Å². The first-order valence-electron chi connectivity index (χ1n) is 7.06. The lowest BCUT2D eigenvalue weighted by atomic mass is 9.89. The molecule has 6 heteroatoms. The molecule has 0 unspecified atom stereocenters. The fourth-order valence-corrected chi connectivity index (χ4v) is 1.72. The van der Waals surface area contributed by atoms with E-state index in [4.69, 9.17) is 11.6 Å². The van der Waals surface area contributed by atoms with Gasteiger partial charge in [0.1, 0.15) is 5.78 Å². The van der Waals surface area contributed by atoms with E-state index in [2.05, 4.69) is 10.6 Å². The summed E-state index contributed by atoms with van der Waals surface area (Å²) in [6.07, 6.45) is 0.135. The quantitative estimate of drug-likeness (QED) is 0.812. The average Bonchev–Trinajstić information content (AvgIpc) is 2.41. The molecule has 0 aliphatic heterocycles. The van der Waals surface area contributed by atoms with E-state index < -0.39 is 11.3 Å². The second-order valence-electron chi connectivity index (χ2n) is 5.99. The van der Waals surface area contributed by atoms with Crippen molar-refractivity contribution in [3.05, 3.63) is 23.2 Å². The average molecular weight is 325 g/mol. The first-order chi connectivity index (χ1) is 10.1. The highest BCUT2D eigenvalue weighted by Gasteiger charge is 2.23. The number of Topliss-reactive ketones (excluding diaryl/α,β-unsaturated/α-hetero) is 1. The molecule has 0 fully saturated rings. The number of nitrogens with one attached hydrogen (secondary N) is 2. The second kappa shape index (κ2) is 7.40. The van der Waals surface area contributed by atoms with E-state index in [-0.39, 0.29) is 18.1 Å². The van der Waals surface area contributed by atoms with E-state index in [0.29, 0.717) is 22.8 Å². The van der Waals surface area contributed by atoms with E-state index in [1.807, 2.05) is 0 Å². The van der Waals surface area contributed by atoms with Crippen LogP contribution in [0.15, 0.2) is 18.2 Å². The lowest BCUT2D eigenvalue weighted by Gasteiger charge is -2.16. The summed E-state index contributed by atoms with van der Waals surface area (Å²) < 4.78 is 0. The van der Waals surface area contributed by atoms with Crippen LogP contribution in [0.2, 0.25) is 5.02 Å². The molecule has 0 heterocycles. The second-order valence-corrected chi connectivity index (χ2v) is 6.40. The van der Waals surface area contributed by atoms with Crippen LogP contribution in [0.1, 0.15) is 40.5 Å². The number of halogens is 1. The van der Waals surface area contributed by atoms with Gasteiger partial charge in [0.2, 0.25) is 11.8 Å². The largest absolute Gasteiger partial charge is 0.326 e. The number of ketones is 1. The van der Waals surface area contributed by atoms with Crippen molar-refractivity contribution >= 4 is 40.6 Å². The molecular formula is C16H21ClN2O3. The van der Waals surface area contributed by atoms with Gasteiger partial charge in [-0.25, -0.2) is 0 Å². The molecule has 1 aromatic carbocycles. The normalized spacial score (nSPS) is 11.0. The maximum atomic E-state index is 11.9. The molecule has 1 aromatic rings. The van der Waals surface area contributed by atoms with Gasteiger partial charge in [-0.2, -0.15) is 0 Å². The molecule has 0 saturated carbocycles. The van der Waals surface area contributed by atoms with Crippen molar-refractivity contribution in [3.63, 3.8) is 0 Å². The number of anilines is 2. The predicted molar refractivity (Wildman–Crippen MR) is 88.1 cm³/mol. The van der Waals surface area contributed by atoms with Gasteiger partial charge in [0, 0.05) is 17.5 Å². The third kappa shape index (κ3) is 5.48. The molecule has 22 heavy (non-hydrogen) atoms. The van der Waals surface area contributed by atoms with Gasteiger partial charge in [0.05, 0.1) is 17.1 Å². The molecule has 0 aromatic heterocycles. The highest BCUT2D eigenvalue weighted by Crippen LogP contribution is 2.26. The molecule has 120 valence electrons. The van der Waals surface area contributed by atoms with Crippen LogP contribution in [0.25, 0.3) is 0 Å². The van der Waals surface area contributed by atoms with E-state index in [1.165, 1.54) is 0 Å². The lowest BCUT2D eigenvalue weighted by molar-refractivity contribution is -0.130.